The molecule has 0 atom stereocenters. The van der Waals surface area contributed by atoms with E-state index in [0.29, 0.717) is 0 Å². The van der Waals surface area contributed by atoms with Gasteiger partial charge in [-0.15, -0.1) is 0 Å². The van der Waals surface area contributed by atoms with Crippen LogP contribution in [-0.4, -0.2) is 5.71 Å². The van der Waals surface area contributed by atoms with Crippen LogP contribution in [0, 0.1) is 0 Å². The summed E-state index contributed by atoms with van der Waals surface area (Å²) >= 11 is 0. The van der Waals surface area contributed by atoms with Gasteiger partial charge in [0.05, 0.1) is 5.70 Å². The predicted octanol–water partition coefficient (Wildman–Crippen LogP) is 3.89. The van der Waals surface area contributed by atoms with Crippen LogP contribution in [-0.2, 0) is 0 Å². The van der Waals surface area contributed by atoms with Crippen LogP contribution in [0.4, 0.5) is 0 Å². The lowest BCUT2D eigenvalue weighted by Gasteiger charge is -1.92. The van der Waals surface area contributed by atoms with Crippen molar-refractivity contribution in [3.8, 4) is 0 Å². The van der Waals surface area contributed by atoms with Crippen LogP contribution < -0.4 is 0 Å². The lowest BCUT2D eigenvalue weighted by Crippen LogP contribution is -1.84. The van der Waals surface area contributed by atoms with Crippen LogP contribution in [0.15, 0.2) is 41.6 Å². The first-order chi connectivity index (χ1) is 6.20. The van der Waals surface area contributed by atoms with Crippen LogP contribution in [0.1, 0.15) is 33.6 Å². The Bertz CT molecular complexity index is 232. The van der Waals surface area contributed by atoms with E-state index in [4.69, 9.17) is 0 Å². The Morgan fingerprint density at radius 2 is 1.69 bits per heavy atom. The monoisotopic (exact) mass is 177 g/mol. The molecule has 0 spiro atoms. The predicted molar refractivity (Wildman–Crippen MR) is 61.1 cm³/mol. The highest BCUT2D eigenvalue weighted by Gasteiger charge is 1.84. The Kier molecular flexibility index (Phi) is 6.89. The summed E-state index contributed by atoms with van der Waals surface area (Å²) in [4.78, 5) is 4.30. The second-order valence-electron chi connectivity index (χ2n) is 2.87. The van der Waals surface area contributed by atoms with Crippen molar-refractivity contribution in [3.63, 3.8) is 0 Å². The molecule has 0 aliphatic heterocycles. The maximum absolute atomic E-state index is 4.30. The van der Waals surface area contributed by atoms with Gasteiger partial charge in [0.1, 0.15) is 0 Å². The molecule has 0 fully saturated rings. The van der Waals surface area contributed by atoms with Gasteiger partial charge >= 0.3 is 0 Å². The number of allylic oxidation sites excluding steroid dienone is 4. The Labute approximate surface area is 81.6 Å². The summed E-state index contributed by atoms with van der Waals surface area (Å²) < 4.78 is 0. The molecule has 0 aromatic rings. The molecule has 0 aromatic carbocycles. The molecule has 0 aliphatic carbocycles. The van der Waals surface area contributed by atoms with E-state index in [1.807, 2.05) is 19.1 Å². The van der Waals surface area contributed by atoms with Gasteiger partial charge in [0.15, 0.2) is 0 Å². The Morgan fingerprint density at radius 3 is 2.23 bits per heavy atom. The van der Waals surface area contributed by atoms with E-state index in [-0.39, 0.29) is 0 Å². The molecule has 0 saturated carbocycles. The lowest BCUT2D eigenvalue weighted by atomic mass is 10.3. The minimum atomic E-state index is 0.820. The molecule has 0 aliphatic rings. The zero-order valence-electron chi connectivity index (χ0n) is 8.88. The van der Waals surface area contributed by atoms with Crippen molar-refractivity contribution in [2.45, 2.75) is 33.6 Å². The van der Waals surface area contributed by atoms with Crippen LogP contribution in [0.5, 0.6) is 0 Å². The average molecular weight is 177 g/mol. The molecular weight excluding hydrogens is 158 g/mol. The second kappa shape index (κ2) is 7.53. The maximum atomic E-state index is 4.30. The Morgan fingerprint density at radius 1 is 1.15 bits per heavy atom. The summed E-state index contributed by atoms with van der Waals surface area (Å²) in [5, 5.41) is 0. The molecule has 0 heterocycles. The minimum absolute atomic E-state index is 0.820. The van der Waals surface area contributed by atoms with Crippen molar-refractivity contribution in [2.75, 3.05) is 0 Å². The standard InChI is InChI=1S/C12H19N/c1-5-7-9-11(3)13-12(4)10-8-6-2/h7-10H,3,5-6H2,1-2,4H3/b9-7-,10-8-,13-12?. The summed E-state index contributed by atoms with van der Waals surface area (Å²) in [6.45, 7) is 10.0. The molecule has 1 nitrogen and oxygen atoms in total. The van der Waals surface area contributed by atoms with Crippen molar-refractivity contribution in [2.24, 2.45) is 4.99 Å². The summed E-state index contributed by atoms with van der Waals surface area (Å²) in [5.41, 5.74) is 1.83. The first-order valence-corrected chi connectivity index (χ1v) is 4.78. The Hall–Kier alpha value is -1.11. The molecule has 1 heteroatoms. The summed E-state index contributed by atoms with van der Waals surface area (Å²) in [7, 11) is 0. The third kappa shape index (κ3) is 7.26. The summed E-state index contributed by atoms with van der Waals surface area (Å²) in [6.07, 6.45) is 10.2. The van der Waals surface area contributed by atoms with Gasteiger partial charge in [-0.1, -0.05) is 32.6 Å². The van der Waals surface area contributed by atoms with E-state index in [0.717, 1.165) is 24.3 Å². The molecule has 0 rings (SSSR count). The van der Waals surface area contributed by atoms with E-state index in [9.17, 15) is 0 Å². The molecule has 0 N–H and O–H groups in total. The fourth-order valence-corrected chi connectivity index (χ4v) is 0.843. The van der Waals surface area contributed by atoms with Crippen LogP contribution in [0.2, 0.25) is 0 Å². The van der Waals surface area contributed by atoms with Crippen molar-refractivity contribution in [3.05, 3.63) is 36.6 Å². The first-order valence-electron chi connectivity index (χ1n) is 4.78. The van der Waals surface area contributed by atoms with Crippen molar-refractivity contribution in [1.29, 1.82) is 0 Å². The van der Waals surface area contributed by atoms with Gasteiger partial charge in [-0.25, -0.2) is 0 Å². The molecule has 0 amide bonds. The van der Waals surface area contributed by atoms with Crippen LogP contribution in [0.3, 0.4) is 0 Å². The van der Waals surface area contributed by atoms with Gasteiger partial charge in [-0.3, -0.25) is 4.99 Å². The van der Waals surface area contributed by atoms with Gasteiger partial charge in [0, 0.05) is 5.71 Å². The molecule has 0 saturated heterocycles. The summed E-state index contributed by atoms with van der Waals surface area (Å²) in [5.74, 6) is 0. The topological polar surface area (TPSA) is 12.4 Å². The molecule has 72 valence electrons. The second-order valence-corrected chi connectivity index (χ2v) is 2.87. The highest BCUT2D eigenvalue weighted by Crippen LogP contribution is 1.98. The average Bonchev–Trinajstić information content (AvgIpc) is 2.11. The number of rotatable bonds is 5. The smallest absolute Gasteiger partial charge is 0.0557 e. The maximum Gasteiger partial charge on any atom is 0.0557 e. The van der Waals surface area contributed by atoms with Gasteiger partial charge < -0.3 is 0 Å². The highest BCUT2D eigenvalue weighted by atomic mass is 14.7. The van der Waals surface area contributed by atoms with Crippen molar-refractivity contribution < 1.29 is 0 Å². The number of hydrogen-bond acceptors (Lipinski definition) is 1. The van der Waals surface area contributed by atoms with Gasteiger partial charge in [-0.2, -0.15) is 0 Å². The quantitative estimate of drug-likeness (QED) is 0.446. The largest absolute Gasteiger partial charge is 0.254 e. The van der Waals surface area contributed by atoms with Gasteiger partial charge in [-0.05, 0) is 31.9 Å². The first kappa shape index (κ1) is 11.9. The van der Waals surface area contributed by atoms with Crippen LogP contribution >= 0.6 is 0 Å². The number of aliphatic imine (C=N–C) groups is 1. The fraction of sp³-hybridized carbons (Fsp3) is 0.417. The van der Waals surface area contributed by atoms with Gasteiger partial charge in [0.2, 0.25) is 0 Å². The van der Waals surface area contributed by atoms with E-state index < -0.39 is 0 Å². The zero-order chi connectivity index (χ0) is 10.1. The normalized spacial score (nSPS) is 13.0. The molecule has 13 heavy (non-hydrogen) atoms. The minimum Gasteiger partial charge on any atom is -0.254 e. The Balaban J connectivity index is 4.14. The third-order valence-electron chi connectivity index (χ3n) is 1.46. The molecule has 0 aromatic heterocycles. The van der Waals surface area contributed by atoms with E-state index in [2.05, 4.69) is 37.6 Å². The highest BCUT2D eigenvalue weighted by molar-refractivity contribution is 5.93. The number of nitrogens with zero attached hydrogens (tertiary/aromatic N) is 1. The van der Waals surface area contributed by atoms with Crippen molar-refractivity contribution >= 4 is 5.71 Å². The zero-order valence-corrected chi connectivity index (χ0v) is 8.88. The van der Waals surface area contributed by atoms with E-state index in [1.165, 1.54) is 0 Å². The van der Waals surface area contributed by atoms with Gasteiger partial charge in [0.25, 0.3) is 0 Å². The number of hydrogen-bond donors (Lipinski definition) is 0. The SMILES string of the molecule is C=C(/C=C\CC)N=C(C)/C=C\CC. The molecule has 0 radical (unpaired) electrons. The third-order valence-corrected chi connectivity index (χ3v) is 1.46. The van der Waals surface area contributed by atoms with Crippen LogP contribution in [0.25, 0.3) is 0 Å². The fourth-order valence-electron chi connectivity index (χ4n) is 0.843. The molecule has 0 bridgehead atoms. The lowest BCUT2D eigenvalue weighted by molar-refractivity contribution is 1.21. The molecular formula is C12H19N. The van der Waals surface area contributed by atoms with E-state index >= 15 is 0 Å². The van der Waals surface area contributed by atoms with E-state index in [1.54, 1.807) is 0 Å². The summed E-state index contributed by atoms with van der Waals surface area (Å²) in [6, 6.07) is 0. The molecule has 0 unspecified atom stereocenters. The van der Waals surface area contributed by atoms with Crippen molar-refractivity contribution in [1.82, 2.24) is 0 Å².